The first-order chi connectivity index (χ1) is 14.0. The summed E-state index contributed by atoms with van der Waals surface area (Å²) in [5.41, 5.74) is 2.13. The van der Waals surface area contributed by atoms with Crippen molar-refractivity contribution in [3.8, 4) is 11.5 Å². The zero-order valence-electron chi connectivity index (χ0n) is 16.3. The van der Waals surface area contributed by atoms with Crippen LogP contribution in [0.5, 0.6) is 11.5 Å². The largest absolute Gasteiger partial charge is 0.497 e. The molecule has 0 bridgehead atoms. The van der Waals surface area contributed by atoms with Crippen molar-refractivity contribution in [2.75, 3.05) is 30.6 Å². The molecule has 1 heterocycles. The van der Waals surface area contributed by atoms with E-state index in [1.54, 1.807) is 32.4 Å². The molecule has 0 saturated heterocycles. The van der Waals surface area contributed by atoms with Gasteiger partial charge < -0.3 is 20.1 Å². The molecule has 3 rings (SSSR count). The predicted molar refractivity (Wildman–Crippen MR) is 117 cm³/mol. The number of ether oxygens (including phenoxy) is 2. The van der Waals surface area contributed by atoms with Crippen molar-refractivity contribution in [1.29, 1.82) is 0 Å². The van der Waals surface area contributed by atoms with E-state index in [4.69, 9.17) is 9.47 Å². The molecule has 9 heteroatoms. The topological polar surface area (TPSA) is 89.6 Å². The lowest BCUT2D eigenvalue weighted by Gasteiger charge is -2.11. The highest BCUT2D eigenvalue weighted by Crippen LogP contribution is 2.32. The first-order valence-corrected chi connectivity index (χ1v) is 10.7. The quantitative estimate of drug-likeness (QED) is 0.514. The van der Waals surface area contributed by atoms with E-state index < -0.39 is 0 Å². The van der Waals surface area contributed by atoms with Gasteiger partial charge in [0.15, 0.2) is 4.34 Å². The molecule has 0 aliphatic rings. The summed E-state index contributed by atoms with van der Waals surface area (Å²) >= 11 is 2.84. The number of nitrogens with zero attached hydrogens (tertiary/aromatic N) is 1. The Hall–Kier alpha value is -2.78. The maximum Gasteiger partial charge on any atom is 0.234 e. The lowest BCUT2D eigenvalue weighted by atomic mass is 10.2. The fourth-order valence-corrected chi connectivity index (χ4v) is 4.43. The van der Waals surface area contributed by atoms with Crippen LogP contribution in [0.3, 0.4) is 0 Å². The van der Waals surface area contributed by atoms with Gasteiger partial charge in [-0.1, -0.05) is 18.7 Å². The number of anilines is 2. The summed E-state index contributed by atoms with van der Waals surface area (Å²) in [6.07, 6.45) is 0.426. The van der Waals surface area contributed by atoms with Crippen LogP contribution in [0.2, 0.25) is 0 Å². The molecule has 29 heavy (non-hydrogen) atoms. The zero-order valence-corrected chi connectivity index (χ0v) is 17.9. The van der Waals surface area contributed by atoms with E-state index in [0.29, 0.717) is 23.6 Å². The number of carbonyl (C=O) groups excluding carboxylic acids is 2. The molecule has 0 atom stereocenters. The van der Waals surface area contributed by atoms with Crippen molar-refractivity contribution in [1.82, 2.24) is 4.98 Å². The number of hydrogen-bond donors (Lipinski definition) is 2. The van der Waals surface area contributed by atoms with Gasteiger partial charge in [0, 0.05) is 18.2 Å². The smallest absolute Gasteiger partial charge is 0.234 e. The lowest BCUT2D eigenvalue weighted by molar-refractivity contribution is -0.116. The van der Waals surface area contributed by atoms with Gasteiger partial charge in [-0.3, -0.25) is 9.59 Å². The third kappa shape index (κ3) is 5.39. The van der Waals surface area contributed by atoms with Crippen LogP contribution in [0.25, 0.3) is 10.2 Å². The van der Waals surface area contributed by atoms with E-state index in [9.17, 15) is 9.59 Å². The molecule has 0 aliphatic carbocycles. The minimum Gasteiger partial charge on any atom is -0.497 e. The van der Waals surface area contributed by atoms with Crippen molar-refractivity contribution < 1.29 is 19.1 Å². The minimum atomic E-state index is -0.170. The molecule has 0 spiro atoms. The van der Waals surface area contributed by atoms with Crippen molar-refractivity contribution in [3.05, 3.63) is 36.4 Å². The number of fused-ring (bicyclic) bond motifs is 1. The Balaban J connectivity index is 1.64. The Morgan fingerprint density at radius 1 is 1.07 bits per heavy atom. The summed E-state index contributed by atoms with van der Waals surface area (Å²) in [4.78, 5) is 28.5. The molecule has 1 aromatic heterocycles. The highest BCUT2D eigenvalue weighted by Gasteiger charge is 2.12. The lowest BCUT2D eigenvalue weighted by Crippen LogP contribution is -2.14. The second-order valence-corrected chi connectivity index (χ2v) is 8.22. The molecule has 2 aromatic carbocycles. The van der Waals surface area contributed by atoms with Gasteiger partial charge in [-0.15, -0.1) is 11.3 Å². The Bertz CT molecular complexity index is 1040. The number of nitrogens with one attached hydrogen (secondary N) is 2. The van der Waals surface area contributed by atoms with E-state index in [1.807, 2.05) is 25.1 Å². The fraction of sp³-hybridized carbons (Fsp3) is 0.250. The Labute approximate surface area is 176 Å². The maximum atomic E-state index is 12.4. The number of amides is 2. The standard InChI is InChI=1S/C20H21N3O4S2/c1-4-18(24)21-12-5-7-14-17(9-12)29-20(23-14)28-11-19(25)22-15-10-13(26-2)6-8-16(15)27-3/h5-10H,4,11H2,1-3H3,(H,21,24)(H,22,25). The number of benzene rings is 2. The van der Waals surface area contributed by atoms with Gasteiger partial charge >= 0.3 is 0 Å². The van der Waals surface area contributed by atoms with Crippen molar-refractivity contribution >= 4 is 56.5 Å². The summed E-state index contributed by atoms with van der Waals surface area (Å²) in [6, 6.07) is 10.8. The van der Waals surface area contributed by atoms with Gasteiger partial charge in [-0.05, 0) is 30.3 Å². The molecule has 7 nitrogen and oxygen atoms in total. The second kappa shape index (κ2) is 9.62. The third-order valence-corrected chi connectivity index (χ3v) is 6.14. The molecular weight excluding hydrogens is 410 g/mol. The van der Waals surface area contributed by atoms with Crippen LogP contribution in [0, 0.1) is 0 Å². The summed E-state index contributed by atoms with van der Waals surface area (Å²) in [6.45, 7) is 1.81. The molecule has 152 valence electrons. The summed E-state index contributed by atoms with van der Waals surface area (Å²) < 4.78 is 12.2. The van der Waals surface area contributed by atoms with Crippen molar-refractivity contribution in [3.63, 3.8) is 0 Å². The first kappa shape index (κ1) is 20.9. The highest BCUT2D eigenvalue weighted by molar-refractivity contribution is 8.01. The number of aromatic nitrogens is 1. The van der Waals surface area contributed by atoms with Gasteiger partial charge in [0.25, 0.3) is 0 Å². The molecule has 0 unspecified atom stereocenters. The van der Waals surface area contributed by atoms with Crippen molar-refractivity contribution in [2.45, 2.75) is 17.7 Å². The maximum absolute atomic E-state index is 12.4. The van der Waals surface area contributed by atoms with Crippen LogP contribution in [0.1, 0.15) is 13.3 Å². The van der Waals surface area contributed by atoms with Gasteiger partial charge in [0.05, 0.1) is 35.9 Å². The van der Waals surface area contributed by atoms with E-state index in [-0.39, 0.29) is 17.6 Å². The molecule has 0 radical (unpaired) electrons. The van der Waals surface area contributed by atoms with Gasteiger partial charge in [0.1, 0.15) is 11.5 Å². The average Bonchev–Trinajstić information content (AvgIpc) is 3.14. The number of rotatable bonds is 8. The van der Waals surface area contributed by atoms with E-state index >= 15 is 0 Å². The minimum absolute atomic E-state index is 0.0342. The zero-order chi connectivity index (χ0) is 20.8. The highest BCUT2D eigenvalue weighted by atomic mass is 32.2. The van der Waals surface area contributed by atoms with Crippen LogP contribution in [0.15, 0.2) is 40.7 Å². The third-order valence-electron chi connectivity index (χ3n) is 3.98. The molecule has 3 aromatic rings. The van der Waals surface area contributed by atoms with E-state index in [0.717, 1.165) is 20.2 Å². The van der Waals surface area contributed by atoms with Gasteiger partial charge in [-0.25, -0.2) is 4.98 Å². The summed E-state index contributed by atoms with van der Waals surface area (Å²) in [7, 11) is 3.11. The van der Waals surface area contributed by atoms with Crippen LogP contribution < -0.4 is 20.1 Å². The second-order valence-electron chi connectivity index (χ2n) is 5.97. The number of methoxy groups -OCH3 is 2. The average molecular weight is 432 g/mol. The number of thiazole rings is 1. The number of hydrogen-bond acceptors (Lipinski definition) is 7. The van der Waals surface area contributed by atoms with Crippen molar-refractivity contribution in [2.24, 2.45) is 0 Å². The monoisotopic (exact) mass is 431 g/mol. The van der Waals surface area contributed by atoms with Crippen LogP contribution in [0.4, 0.5) is 11.4 Å². The van der Waals surface area contributed by atoms with Crippen LogP contribution in [-0.4, -0.2) is 36.8 Å². The molecular formula is C20H21N3O4S2. The molecule has 0 fully saturated rings. The van der Waals surface area contributed by atoms with Crippen LogP contribution in [-0.2, 0) is 9.59 Å². The normalized spacial score (nSPS) is 10.6. The Morgan fingerprint density at radius 3 is 2.62 bits per heavy atom. The molecule has 2 N–H and O–H groups in total. The first-order valence-electron chi connectivity index (χ1n) is 8.87. The molecule has 0 aliphatic heterocycles. The molecule has 0 saturated carbocycles. The summed E-state index contributed by atoms with van der Waals surface area (Å²) in [5.74, 6) is 1.20. The van der Waals surface area contributed by atoms with Crippen LogP contribution >= 0.6 is 23.1 Å². The molecule has 2 amide bonds. The Morgan fingerprint density at radius 2 is 1.90 bits per heavy atom. The van der Waals surface area contributed by atoms with E-state index in [1.165, 1.54) is 23.1 Å². The van der Waals surface area contributed by atoms with Gasteiger partial charge in [-0.2, -0.15) is 0 Å². The summed E-state index contributed by atoms with van der Waals surface area (Å²) in [5, 5.41) is 5.68. The fourth-order valence-electron chi connectivity index (χ4n) is 2.52. The van der Waals surface area contributed by atoms with E-state index in [2.05, 4.69) is 15.6 Å². The number of carbonyl (C=O) groups is 2. The number of thioether (sulfide) groups is 1. The predicted octanol–water partition coefficient (Wildman–Crippen LogP) is 4.39. The van der Waals surface area contributed by atoms with Gasteiger partial charge in [0.2, 0.25) is 11.8 Å². The Kier molecular flexibility index (Phi) is 6.95. The SMILES string of the molecule is CCC(=O)Nc1ccc2nc(SCC(=O)Nc3cc(OC)ccc3OC)sc2c1.